The van der Waals surface area contributed by atoms with Crippen molar-refractivity contribution < 1.29 is 17.6 Å². The maximum absolute atomic E-state index is 13.7. The molecule has 0 saturated heterocycles. The second-order valence-corrected chi connectivity index (χ2v) is 11.3. The van der Waals surface area contributed by atoms with Crippen molar-refractivity contribution in [2.45, 2.75) is 36.4 Å². The number of hydrogen-bond donors (Lipinski definition) is 2. The van der Waals surface area contributed by atoms with Gasteiger partial charge in [0.2, 0.25) is 5.95 Å². The largest absolute Gasteiger partial charge is 0.333 e. The zero-order chi connectivity index (χ0) is 23.2. The van der Waals surface area contributed by atoms with Gasteiger partial charge in [-0.1, -0.05) is 0 Å². The summed E-state index contributed by atoms with van der Waals surface area (Å²) in [6.45, 7) is 1.55. The van der Waals surface area contributed by atoms with Gasteiger partial charge in [0.25, 0.3) is 10.0 Å². The van der Waals surface area contributed by atoms with Crippen molar-refractivity contribution in [2.24, 2.45) is 0 Å². The average Bonchev–Trinajstić information content (AvgIpc) is 3.40. The number of aromatic nitrogens is 2. The Morgan fingerprint density at radius 2 is 2.06 bits per heavy atom. The second kappa shape index (κ2) is 8.47. The summed E-state index contributed by atoms with van der Waals surface area (Å²) < 4.78 is 41.8. The molecule has 33 heavy (non-hydrogen) atoms. The number of carbonyl (C=O) groups is 1. The van der Waals surface area contributed by atoms with Crippen molar-refractivity contribution in [3.63, 3.8) is 0 Å². The van der Waals surface area contributed by atoms with Crippen LogP contribution in [0.25, 0.3) is 11.1 Å². The predicted molar refractivity (Wildman–Crippen MR) is 123 cm³/mol. The quantitative estimate of drug-likeness (QED) is 0.547. The van der Waals surface area contributed by atoms with Crippen LogP contribution < -0.4 is 10.0 Å². The molecule has 11 heteroatoms. The van der Waals surface area contributed by atoms with Crippen molar-refractivity contribution in [3.05, 3.63) is 58.2 Å². The summed E-state index contributed by atoms with van der Waals surface area (Å²) in [6, 6.07) is 3.65. The van der Waals surface area contributed by atoms with Crippen LogP contribution >= 0.6 is 11.3 Å². The van der Waals surface area contributed by atoms with E-state index in [1.807, 2.05) is 7.05 Å². The lowest BCUT2D eigenvalue weighted by Crippen LogP contribution is -2.34. The molecular formula is C22H22FN5O3S2. The predicted octanol–water partition coefficient (Wildman–Crippen LogP) is 3.33. The molecule has 1 aliphatic carbocycles. The van der Waals surface area contributed by atoms with E-state index in [-0.39, 0.29) is 4.21 Å². The highest BCUT2D eigenvalue weighted by atomic mass is 32.2. The van der Waals surface area contributed by atoms with Crippen molar-refractivity contribution >= 4 is 33.1 Å². The Morgan fingerprint density at radius 3 is 2.88 bits per heavy atom. The highest BCUT2D eigenvalue weighted by molar-refractivity contribution is 7.92. The smallest absolute Gasteiger partial charge is 0.306 e. The first-order chi connectivity index (χ1) is 15.8. The minimum atomic E-state index is -4.04. The molecule has 0 aromatic carbocycles. The lowest BCUT2D eigenvalue weighted by atomic mass is 10.0. The van der Waals surface area contributed by atoms with Gasteiger partial charge in [-0.05, 0) is 61.6 Å². The highest BCUT2D eigenvalue weighted by Crippen LogP contribution is 2.36. The minimum absolute atomic E-state index is 0.120. The molecule has 4 heterocycles. The van der Waals surface area contributed by atoms with E-state index >= 15 is 0 Å². The van der Waals surface area contributed by atoms with Crippen molar-refractivity contribution in [2.75, 3.05) is 18.9 Å². The van der Waals surface area contributed by atoms with Gasteiger partial charge in [-0.25, -0.2) is 22.9 Å². The van der Waals surface area contributed by atoms with Gasteiger partial charge in [-0.3, -0.25) is 4.98 Å². The van der Waals surface area contributed by atoms with Crippen LogP contribution in [0.1, 0.15) is 28.1 Å². The molecule has 2 aliphatic rings. The summed E-state index contributed by atoms with van der Waals surface area (Å²) in [5.74, 6) is -0.654. The van der Waals surface area contributed by atoms with Gasteiger partial charge in [-0.15, -0.1) is 11.3 Å². The molecule has 0 saturated carbocycles. The number of aryl methyl sites for hydroxylation is 1. The summed E-state index contributed by atoms with van der Waals surface area (Å²) in [5.41, 5.74) is 4.12. The van der Waals surface area contributed by atoms with Crippen LogP contribution in [0.3, 0.4) is 0 Å². The third-order valence-corrected chi connectivity index (χ3v) is 8.95. The van der Waals surface area contributed by atoms with Gasteiger partial charge in [-0.2, -0.15) is 4.39 Å². The van der Waals surface area contributed by atoms with E-state index in [1.165, 1.54) is 23.6 Å². The molecule has 0 spiro atoms. The number of amides is 2. The number of halogens is 1. The van der Waals surface area contributed by atoms with Crippen LogP contribution in [0.2, 0.25) is 0 Å². The molecule has 0 unspecified atom stereocenters. The third-order valence-electron chi connectivity index (χ3n) is 5.91. The van der Waals surface area contributed by atoms with E-state index in [4.69, 9.17) is 0 Å². The van der Waals surface area contributed by atoms with Gasteiger partial charge < -0.3 is 10.2 Å². The van der Waals surface area contributed by atoms with E-state index in [0.717, 1.165) is 47.5 Å². The third kappa shape index (κ3) is 4.35. The average molecular weight is 488 g/mol. The number of likely N-dealkylation sites (N-methyl/N-ethyl adjacent to an activating group) is 1. The van der Waals surface area contributed by atoms with Gasteiger partial charge in [0, 0.05) is 47.7 Å². The number of rotatable bonds is 4. The molecule has 0 atom stereocenters. The van der Waals surface area contributed by atoms with Gasteiger partial charge in [0.1, 0.15) is 4.21 Å². The number of anilines is 1. The summed E-state index contributed by atoms with van der Waals surface area (Å²) in [5, 5.41) is 2.71. The fourth-order valence-electron chi connectivity index (χ4n) is 4.33. The lowest BCUT2D eigenvalue weighted by Gasteiger charge is -2.21. The number of thiophene rings is 1. The molecule has 1 aliphatic heterocycles. The van der Waals surface area contributed by atoms with Crippen LogP contribution in [-0.4, -0.2) is 42.9 Å². The standard InChI is InChI=1S/C22H22FN5O3S2/c1-28-8-6-18-14(12-28)10-20(32-18)33(30,31)27-22(29)26-21-15-3-2-4-17(15)25-11-16(21)13-5-7-24-19(23)9-13/h5,7,9-11H,2-4,6,8,12H2,1H3,(H2,25,26,27,29). The fourth-order valence-corrected chi connectivity index (χ4v) is 6.78. The fraction of sp³-hybridized carbons (Fsp3) is 0.318. The number of carbonyl (C=O) groups excluding carboxylic acids is 1. The maximum atomic E-state index is 13.7. The molecule has 3 aromatic heterocycles. The Morgan fingerprint density at radius 1 is 1.21 bits per heavy atom. The molecule has 172 valence electrons. The molecule has 3 aromatic rings. The van der Waals surface area contributed by atoms with Crippen molar-refractivity contribution in [1.29, 1.82) is 0 Å². The molecule has 0 fully saturated rings. The first-order valence-electron chi connectivity index (χ1n) is 10.6. The SMILES string of the molecule is CN1CCc2sc(S(=O)(=O)NC(=O)Nc3c(-c4ccnc(F)c4)cnc4c3CCC4)cc2C1. The van der Waals surface area contributed by atoms with E-state index in [2.05, 4.69) is 24.9 Å². The summed E-state index contributed by atoms with van der Waals surface area (Å²) in [4.78, 5) is 24.0. The summed E-state index contributed by atoms with van der Waals surface area (Å²) >= 11 is 1.20. The monoisotopic (exact) mass is 487 g/mol. The lowest BCUT2D eigenvalue weighted by molar-refractivity contribution is 0.256. The molecule has 0 radical (unpaired) electrons. The highest BCUT2D eigenvalue weighted by Gasteiger charge is 2.27. The number of pyridine rings is 2. The number of nitrogens with zero attached hydrogens (tertiary/aromatic N) is 3. The zero-order valence-electron chi connectivity index (χ0n) is 17.9. The molecular weight excluding hydrogens is 465 g/mol. The number of sulfonamides is 1. The van der Waals surface area contributed by atoms with E-state index in [0.29, 0.717) is 29.8 Å². The van der Waals surface area contributed by atoms with E-state index < -0.39 is 22.0 Å². The van der Waals surface area contributed by atoms with Gasteiger partial charge in [0.15, 0.2) is 0 Å². The van der Waals surface area contributed by atoms with Crippen LogP contribution in [-0.2, 0) is 35.8 Å². The minimum Gasteiger partial charge on any atom is -0.306 e. The van der Waals surface area contributed by atoms with Gasteiger partial charge >= 0.3 is 6.03 Å². The number of urea groups is 1. The topological polar surface area (TPSA) is 104 Å². The van der Waals surface area contributed by atoms with Crippen molar-refractivity contribution in [1.82, 2.24) is 19.6 Å². The molecule has 2 N–H and O–H groups in total. The number of hydrogen-bond acceptors (Lipinski definition) is 7. The normalized spacial score (nSPS) is 15.7. The Hall–Kier alpha value is -2.89. The van der Waals surface area contributed by atoms with E-state index in [9.17, 15) is 17.6 Å². The zero-order valence-corrected chi connectivity index (χ0v) is 19.5. The molecule has 8 nitrogen and oxygen atoms in total. The van der Waals surface area contributed by atoms with Crippen LogP contribution in [0.4, 0.5) is 14.9 Å². The summed E-state index contributed by atoms with van der Waals surface area (Å²) in [6.07, 6.45) is 6.03. The Balaban J connectivity index is 1.43. The first-order valence-corrected chi connectivity index (χ1v) is 12.9. The number of fused-ring (bicyclic) bond motifs is 2. The Kier molecular flexibility index (Phi) is 5.63. The number of nitrogens with one attached hydrogen (secondary N) is 2. The van der Waals surface area contributed by atoms with Crippen LogP contribution in [0, 0.1) is 5.95 Å². The first kappa shape index (κ1) is 21.9. The maximum Gasteiger partial charge on any atom is 0.333 e. The van der Waals surface area contributed by atoms with Crippen LogP contribution in [0.5, 0.6) is 0 Å². The van der Waals surface area contributed by atoms with Crippen molar-refractivity contribution in [3.8, 4) is 11.1 Å². The van der Waals surface area contributed by atoms with Crippen LogP contribution in [0.15, 0.2) is 34.8 Å². The molecule has 2 amide bonds. The Labute approximate surface area is 194 Å². The Bertz CT molecular complexity index is 1360. The second-order valence-electron chi connectivity index (χ2n) is 8.25. The van der Waals surface area contributed by atoms with Gasteiger partial charge in [0.05, 0.1) is 5.69 Å². The summed E-state index contributed by atoms with van der Waals surface area (Å²) in [7, 11) is -2.05. The van der Waals surface area contributed by atoms with E-state index in [1.54, 1.807) is 18.3 Å². The molecule has 0 bridgehead atoms. The molecule has 5 rings (SSSR count).